The number of nitrogens with zero attached hydrogens (tertiary/aromatic N) is 1. The Kier molecular flexibility index (Phi) is 4.11. The first kappa shape index (κ1) is 13.4. The number of aryl methyl sites for hydroxylation is 1. The van der Waals surface area contributed by atoms with Gasteiger partial charge in [-0.1, -0.05) is 30.5 Å². The molecule has 0 amide bonds. The van der Waals surface area contributed by atoms with Gasteiger partial charge in [-0.05, 0) is 42.5 Å². The summed E-state index contributed by atoms with van der Waals surface area (Å²) >= 11 is 6.10. The predicted octanol–water partition coefficient (Wildman–Crippen LogP) is 3.39. The zero-order chi connectivity index (χ0) is 13.2. The average Bonchev–Trinajstić information content (AvgIpc) is 3.22. The third-order valence-corrected chi connectivity index (χ3v) is 4.67. The van der Waals surface area contributed by atoms with Crippen LogP contribution in [0.5, 0.6) is 0 Å². The molecular weight excluding hydrogens is 256 g/mol. The van der Waals surface area contributed by atoms with E-state index in [1.165, 1.54) is 43.5 Å². The second-order valence-corrected chi connectivity index (χ2v) is 6.42. The minimum Gasteiger partial charge on any atom is -0.314 e. The summed E-state index contributed by atoms with van der Waals surface area (Å²) in [5, 5.41) is 4.30. The molecule has 1 heterocycles. The Hall–Kier alpha value is -0.570. The van der Waals surface area contributed by atoms with E-state index < -0.39 is 0 Å². The molecule has 1 aliphatic heterocycles. The van der Waals surface area contributed by atoms with Crippen molar-refractivity contribution in [2.45, 2.75) is 32.2 Å². The number of piperazine rings is 1. The van der Waals surface area contributed by atoms with Crippen LogP contribution in [-0.4, -0.2) is 31.1 Å². The van der Waals surface area contributed by atoms with Crippen LogP contribution in [-0.2, 0) is 0 Å². The Labute approximate surface area is 121 Å². The van der Waals surface area contributed by atoms with Crippen LogP contribution in [0.4, 0.5) is 0 Å². The van der Waals surface area contributed by atoms with Gasteiger partial charge in [-0.25, -0.2) is 0 Å². The maximum absolute atomic E-state index is 6.10. The van der Waals surface area contributed by atoms with Crippen molar-refractivity contribution in [1.82, 2.24) is 10.2 Å². The lowest BCUT2D eigenvalue weighted by Crippen LogP contribution is -2.45. The summed E-state index contributed by atoms with van der Waals surface area (Å²) in [5.74, 6) is 0.954. The molecule has 3 heteroatoms. The maximum Gasteiger partial charge on any atom is 0.0408 e. The topological polar surface area (TPSA) is 15.3 Å². The molecule has 0 spiro atoms. The van der Waals surface area contributed by atoms with Crippen molar-refractivity contribution >= 4 is 11.6 Å². The van der Waals surface area contributed by atoms with E-state index in [9.17, 15) is 0 Å². The van der Waals surface area contributed by atoms with E-state index in [2.05, 4.69) is 29.3 Å². The SMILES string of the molecule is Cc1cc(Cl)ccc1[C@@H](CC1CC1)N1CCNCC1. The monoisotopic (exact) mass is 278 g/mol. The van der Waals surface area contributed by atoms with Gasteiger partial charge in [0, 0.05) is 37.2 Å². The molecule has 104 valence electrons. The van der Waals surface area contributed by atoms with Crippen LogP contribution >= 0.6 is 11.6 Å². The quantitative estimate of drug-likeness (QED) is 0.908. The average molecular weight is 279 g/mol. The lowest BCUT2D eigenvalue weighted by Gasteiger charge is -2.36. The zero-order valence-electron chi connectivity index (χ0n) is 11.7. The number of benzene rings is 1. The van der Waals surface area contributed by atoms with Crippen molar-refractivity contribution in [3.8, 4) is 0 Å². The molecule has 0 aromatic heterocycles. The molecule has 0 unspecified atom stereocenters. The largest absolute Gasteiger partial charge is 0.314 e. The van der Waals surface area contributed by atoms with Crippen molar-refractivity contribution in [2.75, 3.05) is 26.2 Å². The van der Waals surface area contributed by atoms with Gasteiger partial charge < -0.3 is 5.32 Å². The third kappa shape index (κ3) is 3.31. The third-order valence-electron chi connectivity index (χ3n) is 4.44. The highest BCUT2D eigenvalue weighted by Crippen LogP contribution is 2.41. The summed E-state index contributed by atoms with van der Waals surface area (Å²) < 4.78 is 0. The number of hydrogen-bond donors (Lipinski definition) is 1. The van der Waals surface area contributed by atoms with Gasteiger partial charge in [0.05, 0.1) is 0 Å². The van der Waals surface area contributed by atoms with Crippen LogP contribution in [0, 0.1) is 12.8 Å². The first-order valence-electron chi connectivity index (χ1n) is 7.45. The van der Waals surface area contributed by atoms with Crippen molar-refractivity contribution in [3.63, 3.8) is 0 Å². The van der Waals surface area contributed by atoms with Crippen molar-refractivity contribution in [1.29, 1.82) is 0 Å². The lowest BCUT2D eigenvalue weighted by molar-refractivity contribution is 0.160. The summed E-state index contributed by atoms with van der Waals surface area (Å²) in [6.07, 6.45) is 4.17. The van der Waals surface area contributed by atoms with Gasteiger partial charge in [-0.2, -0.15) is 0 Å². The number of rotatable bonds is 4. The number of halogens is 1. The molecule has 1 atom stereocenters. The maximum atomic E-state index is 6.10. The number of hydrogen-bond acceptors (Lipinski definition) is 2. The molecule has 1 saturated carbocycles. The molecule has 2 fully saturated rings. The van der Waals surface area contributed by atoms with Gasteiger partial charge in [0.2, 0.25) is 0 Å². The van der Waals surface area contributed by atoms with E-state index in [4.69, 9.17) is 11.6 Å². The molecule has 2 nitrogen and oxygen atoms in total. The Bertz CT molecular complexity index is 436. The Morgan fingerprint density at radius 1 is 1.32 bits per heavy atom. The highest BCUT2D eigenvalue weighted by molar-refractivity contribution is 6.30. The van der Waals surface area contributed by atoms with Gasteiger partial charge in [0.1, 0.15) is 0 Å². The number of nitrogens with one attached hydrogen (secondary N) is 1. The zero-order valence-corrected chi connectivity index (χ0v) is 12.4. The predicted molar refractivity (Wildman–Crippen MR) is 80.7 cm³/mol. The van der Waals surface area contributed by atoms with Crippen molar-refractivity contribution in [2.24, 2.45) is 5.92 Å². The fourth-order valence-electron chi connectivity index (χ4n) is 3.15. The van der Waals surface area contributed by atoms with Crippen molar-refractivity contribution in [3.05, 3.63) is 34.3 Å². The highest BCUT2D eigenvalue weighted by atomic mass is 35.5. The summed E-state index contributed by atoms with van der Waals surface area (Å²) in [7, 11) is 0. The van der Waals surface area contributed by atoms with E-state index in [1.54, 1.807) is 0 Å². The summed E-state index contributed by atoms with van der Waals surface area (Å²) in [6, 6.07) is 6.99. The molecule has 1 N–H and O–H groups in total. The minimum absolute atomic E-state index is 0.590. The Morgan fingerprint density at radius 2 is 2.05 bits per heavy atom. The van der Waals surface area contributed by atoms with E-state index in [1.807, 2.05) is 6.07 Å². The van der Waals surface area contributed by atoms with Crippen LogP contribution in [0.2, 0.25) is 5.02 Å². The molecule has 1 aliphatic carbocycles. The second-order valence-electron chi connectivity index (χ2n) is 5.98. The summed E-state index contributed by atoms with van der Waals surface area (Å²) in [4.78, 5) is 2.66. The standard InChI is InChI=1S/C16H23ClN2/c1-12-10-14(17)4-5-15(12)16(11-13-2-3-13)19-8-6-18-7-9-19/h4-5,10,13,16,18H,2-3,6-9,11H2,1H3/t16-/m1/s1. The van der Waals surface area contributed by atoms with Crippen LogP contribution in [0.3, 0.4) is 0 Å². The van der Waals surface area contributed by atoms with Crippen molar-refractivity contribution < 1.29 is 0 Å². The molecule has 1 aromatic rings. The van der Waals surface area contributed by atoms with Gasteiger partial charge in [0.15, 0.2) is 0 Å². The second kappa shape index (κ2) is 5.82. The Balaban J connectivity index is 1.83. The van der Waals surface area contributed by atoms with Crippen LogP contribution in [0.25, 0.3) is 0 Å². The molecule has 0 bridgehead atoms. The lowest BCUT2D eigenvalue weighted by atomic mass is 9.95. The summed E-state index contributed by atoms with van der Waals surface area (Å²) in [6.45, 7) is 6.77. The Morgan fingerprint density at radius 3 is 2.68 bits per heavy atom. The van der Waals surface area contributed by atoms with Crippen LogP contribution in [0.1, 0.15) is 36.4 Å². The first-order chi connectivity index (χ1) is 9.24. The van der Waals surface area contributed by atoms with E-state index in [0.29, 0.717) is 6.04 Å². The molecule has 1 aromatic carbocycles. The molecule has 19 heavy (non-hydrogen) atoms. The molecule has 2 aliphatic rings. The minimum atomic E-state index is 0.590. The van der Waals surface area contributed by atoms with Crippen LogP contribution in [0.15, 0.2) is 18.2 Å². The van der Waals surface area contributed by atoms with Gasteiger partial charge in [0.25, 0.3) is 0 Å². The molecule has 3 rings (SSSR count). The van der Waals surface area contributed by atoms with E-state index >= 15 is 0 Å². The van der Waals surface area contributed by atoms with Gasteiger partial charge in [-0.3, -0.25) is 4.90 Å². The molecular formula is C16H23ClN2. The van der Waals surface area contributed by atoms with E-state index in [0.717, 1.165) is 24.0 Å². The fraction of sp³-hybridized carbons (Fsp3) is 0.625. The molecule has 0 radical (unpaired) electrons. The highest BCUT2D eigenvalue weighted by Gasteiger charge is 2.31. The van der Waals surface area contributed by atoms with Gasteiger partial charge >= 0.3 is 0 Å². The summed E-state index contributed by atoms with van der Waals surface area (Å²) in [5.41, 5.74) is 2.83. The fourth-order valence-corrected chi connectivity index (χ4v) is 3.38. The van der Waals surface area contributed by atoms with Crippen LogP contribution < -0.4 is 5.32 Å². The first-order valence-corrected chi connectivity index (χ1v) is 7.82. The molecule has 1 saturated heterocycles. The van der Waals surface area contributed by atoms with Gasteiger partial charge in [-0.15, -0.1) is 0 Å². The van der Waals surface area contributed by atoms with E-state index in [-0.39, 0.29) is 0 Å². The smallest absolute Gasteiger partial charge is 0.0408 e. The normalized spacial score (nSPS) is 22.4.